The molecule has 3 aromatic rings. The van der Waals surface area contributed by atoms with E-state index in [4.69, 9.17) is 19.9 Å². The Balaban J connectivity index is 1.34. The Morgan fingerprint density at radius 1 is 0.821 bits per heavy atom. The van der Waals surface area contributed by atoms with Crippen molar-refractivity contribution >= 4 is 5.91 Å². The molecule has 0 fully saturated rings. The minimum Gasteiger partial charge on any atom is -0.491 e. The number of para-hydroxylation sites is 1. The van der Waals surface area contributed by atoms with Crippen LogP contribution in [0.3, 0.4) is 0 Å². The number of hydrogen-bond donors (Lipinski definition) is 1. The van der Waals surface area contributed by atoms with E-state index in [0.29, 0.717) is 31.9 Å². The van der Waals surface area contributed by atoms with Gasteiger partial charge in [-0.3, -0.25) is 4.79 Å². The second-order valence-corrected chi connectivity index (χ2v) is 6.04. The fourth-order valence-electron chi connectivity index (χ4n) is 2.53. The number of amides is 1. The monoisotopic (exact) mass is 379 g/mol. The highest BCUT2D eigenvalue weighted by atomic mass is 16.5. The Kier molecular flexibility index (Phi) is 6.98. The highest BCUT2D eigenvalue weighted by Gasteiger charge is 2.06. The van der Waals surface area contributed by atoms with E-state index in [-0.39, 0.29) is 0 Å². The van der Waals surface area contributed by atoms with E-state index in [0.717, 1.165) is 17.2 Å². The van der Waals surface area contributed by atoms with Gasteiger partial charge in [0.1, 0.15) is 36.0 Å². The third-order valence-corrected chi connectivity index (χ3v) is 3.94. The summed E-state index contributed by atoms with van der Waals surface area (Å²) in [6, 6.07) is 20.6. The van der Waals surface area contributed by atoms with Gasteiger partial charge in [-0.05, 0) is 42.5 Å². The third-order valence-electron chi connectivity index (χ3n) is 3.94. The van der Waals surface area contributed by atoms with Crippen molar-refractivity contribution < 1.29 is 23.6 Å². The molecule has 3 rings (SSSR count). The molecule has 0 saturated carbocycles. The standard InChI is InChI=1S/C22H22N2O4/c23-22(25)18-5-4-12-24(17-18)13-14-26-15-16-27-19-8-10-21(11-9-19)28-20-6-2-1-3-7-20/h1-12,17H,13-16H2,(H-,23,25)/p+1. The molecule has 0 aliphatic carbocycles. The van der Waals surface area contributed by atoms with Crippen LogP contribution in [-0.4, -0.2) is 25.7 Å². The second kappa shape index (κ2) is 10.1. The molecule has 0 radical (unpaired) electrons. The van der Waals surface area contributed by atoms with E-state index >= 15 is 0 Å². The highest BCUT2D eigenvalue weighted by Crippen LogP contribution is 2.23. The summed E-state index contributed by atoms with van der Waals surface area (Å²) in [6.07, 6.45) is 3.58. The number of pyridine rings is 1. The fourth-order valence-corrected chi connectivity index (χ4v) is 2.53. The molecule has 28 heavy (non-hydrogen) atoms. The lowest BCUT2D eigenvalue weighted by Gasteiger charge is -2.08. The largest absolute Gasteiger partial charge is 0.491 e. The minimum atomic E-state index is -0.441. The predicted octanol–water partition coefficient (Wildman–Crippen LogP) is 2.96. The summed E-state index contributed by atoms with van der Waals surface area (Å²) in [7, 11) is 0. The second-order valence-electron chi connectivity index (χ2n) is 6.04. The maximum atomic E-state index is 11.2. The minimum absolute atomic E-state index is 0.441. The van der Waals surface area contributed by atoms with Crippen LogP contribution in [0.4, 0.5) is 0 Å². The molecule has 144 valence electrons. The van der Waals surface area contributed by atoms with Crippen LogP contribution in [-0.2, 0) is 11.3 Å². The van der Waals surface area contributed by atoms with Gasteiger partial charge in [-0.25, -0.2) is 4.57 Å². The molecule has 1 aromatic heterocycles. The van der Waals surface area contributed by atoms with Crippen molar-refractivity contribution in [1.29, 1.82) is 0 Å². The van der Waals surface area contributed by atoms with Gasteiger partial charge in [0.25, 0.3) is 5.91 Å². The summed E-state index contributed by atoms with van der Waals surface area (Å²) >= 11 is 0. The molecule has 0 aliphatic heterocycles. The van der Waals surface area contributed by atoms with Crippen LogP contribution in [0.25, 0.3) is 0 Å². The number of carbonyl (C=O) groups excluding carboxylic acids is 1. The Bertz CT molecular complexity index is 883. The first-order valence-electron chi connectivity index (χ1n) is 9.03. The number of aromatic nitrogens is 1. The SMILES string of the molecule is NC(=O)c1ccc[n+](CCOCCOc2ccc(Oc3ccccc3)cc2)c1. The molecule has 0 saturated heterocycles. The topological polar surface area (TPSA) is 74.7 Å². The van der Waals surface area contributed by atoms with Crippen LogP contribution in [0, 0.1) is 0 Å². The van der Waals surface area contributed by atoms with Gasteiger partial charge >= 0.3 is 0 Å². The number of rotatable bonds is 10. The van der Waals surface area contributed by atoms with Gasteiger partial charge in [-0.2, -0.15) is 0 Å². The maximum absolute atomic E-state index is 11.2. The lowest BCUT2D eigenvalue weighted by atomic mass is 10.3. The quantitative estimate of drug-likeness (QED) is 0.434. The molecular weight excluding hydrogens is 356 g/mol. The number of primary amides is 1. The van der Waals surface area contributed by atoms with Crippen LogP contribution >= 0.6 is 0 Å². The smallest absolute Gasteiger partial charge is 0.254 e. The van der Waals surface area contributed by atoms with Crippen molar-refractivity contribution in [3.63, 3.8) is 0 Å². The molecule has 1 amide bonds. The molecule has 0 aliphatic rings. The molecule has 0 unspecified atom stereocenters. The van der Waals surface area contributed by atoms with Gasteiger partial charge < -0.3 is 19.9 Å². The Morgan fingerprint density at radius 3 is 2.29 bits per heavy atom. The summed E-state index contributed by atoms with van der Waals surface area (Å²) in [5.41, 5.74) is 5.75. The van der Waals surface area contributed by atoms with Gasteiger partial charge in [0.15, 0.2) is 18.9 Å². The first-order valence-corrected chi connectivity index (χ1v) is 9.03. The van der Waals surface area contributed by atoms with Gasteiger partial charge in [0.2, 0.25) is 0 Å². The highest BCUT2D eigenvalue weighted by molar-refractivity contribution is 5.92. The zero-order chi connectivity index (χ0) is 19.6. The van der Waals surface area contributed by atoms with E-state index < -0.39 is 5.91 Å². The van der Waals surface area contributed by atoms with Gasteiger partial charge in [-0.1, -0.05) is 18.2 Å². The third kappa shape index (κ3) is 6.10. The molecule has 0 spiro atoms. The lowest BCUT2D eigenvalue weighted by Crippen LogP contribution is -2.36. The van der Waals surface area contributed by atoms with Crippen molar-refractivity contribution in [2.24, 2.45) is 5.73 Å². The molecule has 0 bridgehead atoms. The Labute approximate surface area is 164 Å². The van der Waals surface area contributed by atoms with E-state index in [1.807, 2.05) is 65.4 Å². The molecule has 2 N–H and O–H groups in total. The average Bonchev–Trinajstić information content (AvgIpc) is 2.73. The first-order chi connectivity index (χ1) is 13.7. The van der Waals surface area contributed by atoms with Crippen LogP contribution in [0.5, 0.6) is 17.2 Å². The molecule has 6 heteroatoms. The van der Waals surface area contributed by atoms with Crippen LogP contribution < -0.4 is 19.8 Å². The normalized spacial score (nSPS) is 10.4. The molecule has 6 nitrogen and oxygen atoms in total. The van der Waals surface area contributed by atoms with Crippen molar-refractivity contribution in [2.45, 2.75) is 6.54 Å². The van der Waals surface area contributed by atoms with E-state index in [1.165, 1.54) is 0 Å². The van der Waals surface area contributed by atoms with Crippen molar-refractivity contribution in [3.8, 4) is 17.2 Å². The summed E-state index contributed by atoms with van der Waals surface area (Å²) < 4.78 is 18.9. The summed E-state index contributed by atoms with van der Waals surface area (Å²) in [4.78, 5) is 11.2. The number of ether oxygens (including phenoxy) is 3. The van der Waals surface area contributed by atoms with Crippen molar-refractivity contribution in [1.82, 2.24) is 0 Å². The molecule has 0 atom stereocenters. The van der Waals surface area contributed by atoms with Gasteiger partial charge in [0.05, 0.1) is 6.61 Å². The van der Waals surface area contributed by atoms with Crippen LogP contribution in [0.2, 0.25) is 0 Å². The van der Waals surface area contributed by atoms with Gasteiger partial charge in [0, 0.05) is 6.07 Å². The van der Waals surface area contributed by atoms with Crippen molar-refractivity contribution in [2.75, 3.05) is 19.8 Å². The Morgan fingerprint density at radius 2 is 1.54 bits per heavy atom. The van der Waals surface area contributed by atoms with Crippen LogP contribution in [0.15, 0.2) is 79.1 Å². The van der Waals surface area contributed by atoms with E-state index in [1.54, 1.807) is 18.3 Å². The molecule has 2 aromatic carbocycles. The van der Waals surface area contributed by atoms with Crippen molar-refractivity contribution in [3.05, 3.63) is 84.7 Å². The zero-order valence-corrected chi connectivity index (χ0v) is 15.5. The Hall–Kier alpha value is -3.38. The average molecular weight is 379 g/mol. The summed E-state index contributed by atoms with van der Waals surface area (Å²) in [6.45, 7) is 2.07. The first kappa shape index (κ1) is 19.4. The summed E-state index contributed by atoms with van der Waals surface area (Å²) in [5, 5.41) is 0. The number of nitrogens with zero attached hydrogens (tertiary/aromatic N) is 1. The maximum Gasteiger partial charge on any atom is 0.254 e. The zero-order valence-electron chi connectivity index (χ0n) is 15.5. The van der Waals surface area contributed by atoms with Gasteiger partial charge in [-0.15, -0.1) is 0 Å². The number of benzene rings is 2. The lowest BCUT2D eigenvalue weighted by molar-refractivity contribution is -0.698. The van der Waals surface area contributed by atoms with E-state index in [2.05, 4.69) is 0 Å². The van der Waals surface area contributed by atoms with E-state index in [9.17, 15) is 4.79 Å². The predicted molar refractivity (Wildman–Crippen MR) is 104 cm³/mol. The number of hydrogen-bond acceptors (Lipinski definition) is 4. The number of carbonyl (C=O) groups is 1. The fraction of sp³-hybridized carbons (Fsp3) is 0.182. The van der Waals surface area contributed by atoms with Crippen LogP contribution in [0.1, 0.15) is 10.4 Å². The number of nitrogens with two attached hydrogens (primary N) is 1. The summed E-state index contributed by atoms with van der Waals surface area (Å²) in [5.74, 6) is 1.87. The molecular formula is C22H23N2O4+. The molecule has 1 heterocycles.